The lowest BCUT2D eigenvalue weighted by Gasteiger charge is -2.04. The summed E-state index contributed by atoms with van der Waals surface area (Å²) in [5.74, 6) is -0.180. The lowest BCUT2D eigenvalue weighted by molar-refractivity contribution is -0.140. The van der Waals surface area contributed by atoms with Crippen LogP contribution in [0.5, 0.6) is 0 Å². The highest BCUT2D eigenvalue weighted by Gasteiger charge is 2.13. The largest absolute Gasteiger partial charge is 0.465 e. The predicted molar refractivity (Wildman–Crippen MR) is 107 cm³/mol. The van der Waals surface area contributed by atoms with Crippen molar-refractivity contribution in [1.29, 1.82) is 0 Å². The molecule has 0 unspecified atom stereocenters. The third kappa shape index (κ3) is 4.77. The lowest BCUT2D eigenvalue weighted by atomic mass is 10.2. The average molecular weight is 502 g/mol. The zero-order valence-electron chi connectivity index (χ0n) is 14.2. The Morgan fingerprint density at radius 1 is 1.33 bits per heavy atom. The Morgan fingerprint density at radius 3 is 2.93 bits per heavy atom. The van der Waals surface area contributed by atoms with Gasteiger partial charge in [-0.2, -0.15) is 0 Å². The molecule has 1 N–H and O–H groups in total. The van der Waals surface area contributed by atoms with Crippen LogP contribution in [0.4, 0.5) is 0 Å². The second-order valence-electron chi connectivity index (χ2n) is 5.49. The van der Waals surface area contributed by atoms with Gasteiger partial charge in [-0.3, -0.25) is 19.5 Å². The molecule has 2 heterocycles. The highest BCUT2D eigenvalue weighted by atomic mass is 127. The molecule has 0 amide bonds. The summed E-state index contributed by atoms with van der Waals surface area (Å²) in [4.78, 5) is 36.3. The molecule has 0 radical (unpaired) electrons. The number of aromatic amines is 1. The predicted octanol–water partition coefficient (Wildman–Crippen LogP) is 1.77. The van der Waals surface area contributed by atoms with Crippen LogP contribution in [0.1, 0.15) is 19.2 Å². The van der Waals surface area contributed by atoms with E-state index in [1.165, 1.54) is 0 Å². The summed E-state index contributed by atoms with van der Waals surface area (Å²) >= 11 is 3.12. The SMILES string of the molecule is CCCOC(=O)CSc1nnc(Cn2[nH]c(=O)c3ccc(I)cc3c2=O)o1. The summed E-state index contributed by atoms with van der Waals surface area (Å²) in [6.45, 7) is 2.19. The summed E-state index contributed by atoms with van der Waals surface area (Å²) in [6.07, 6.45) is 0.749. The van der Waals surface area contributed by atoms with E-state index in [1.807, 2.05) is 6.92 Å². The molecular formula is C16H15IN4O5S. The topological polar surface area (TPSA) is 120 Å². The zero-order valence-corrected chi connectivity index (χ0v) is 17.2. The Kier molecular flexibility index (Phi) is 6.31. The van der Waals surface area contributed by atoms with Crippen molar-refractivity contribution in [3.63, 3.8) is 0 Å². The third-order valence-corrected chi connectivity index (χ3v) is 4.92. The second-order valence-corrected chi connectivity index (χ2v) is 7.67. The number of aromatic nitrogens is 4. The number of halogens is 1. The molecule has 1 aromatic carbocycles. The third-order valence-electron chi connectivity index (χ3n) is 3.46. The highest BCUT2D eigenvalue weighted by Crippen LogP contribution is 2.16. The highest BCUT2D eigenvalue weighted by molar-refractivity contribution is 14.1. The fourth-order valence-corrected chi connectivity index (χ4v) is 3.33. The van der Waals surface area contributed by atoms with E-state index in [4.69, 9.17) is 9.15 Å². The average Bonchev–Trinajstić information content (AvgIpc) is 3.09. The van der Waals surface area contributed by atoms with Crippen molar-refractivity contribution in [2.24, 2.45) is 0 Å². The summed E-state index contributed by atoms with van der Waals surface area (Å²) < 4.78 is 12.4. The van der Waals surface area contributed by atoms with Crippen LogP contribution in [0.2, 0.25) is 0 Å². The van der Waals surface area contributed by atoms with Gasteiger partial charge in [0.2, 0.25) is 5.89 Å². The van der Waals surface area contributed by atoms with Crippen LogP contribution in [0.25, 0.3) is 10.8 Å². The molecular weight excluding hydrogens is 487 g/mol. The summed E-state index contributed by atoms with van der Waals surface area (Å²) in [6, 6.07) is 5.02. The monoisotopic (exact) mass is 502 g/mol. The Balaban J connectivity index is 1.76. The van der Waals surface area contributed by atoms with Gasteiger partial charge in [0.25, 0.3) is 16.3 Å². The van der Waals surface area contributed by atoms with E-state index in [2.05, 4.69) is 37.9 Å². The second kappa shape index (κ2) is 8.69. The first kappa shape index (κ1) is 19.6. The molecule has 9 nitrogen and oxygen atoms in total. The quantitative estimate of drug-likeness (QED) is 0.295. The molecule has 3 rings (SSSR count). The van der Waals surface area contributed by atoms with Crippen molar-refractivity contribution in [3.8, 4) is 0 Å². The number of esters is 1. The van der Waals surface area contributed by atoms with Crippen LogP contribution >= 0.6 is 34.4 Å². The molecule has 3 aromatic rings. The number of nitrogens with one attached hydrogen (secondary N) is 1. The van der Waals surface area contributed by atoms with E-state index in [1.54, 1.807) is 18.2 Å². The van der Waals surface area contributed by atoms with Gasteiger partial charge < -0.3 is 9.15 Å². The maximum Gasteiger partial charge on any atom is 0.316 e. The normalized spacial score (nSPS) is 11.0. The van der Waals surface area contributed by atoms with Crippen molar-refractivity contribution < 1.29 is 13.9 Å². The van der Waals surface area contributed by atoms with Crippen LogP contribution in [-0.4, -0.2) is 38.3 Å². The summed E-state index contributed by atoms with van der Waals surface area (Å²) in [5, 5.41) is 11.0. The van der Waals surface area contributed by atoms with Crippen molar-refractivity contribution in [3.05, 3.63) is 48.4 Å². The number of H-pyrrole nitrogens is 1. The molecule has 0 bridgehead atoms. The molecule has 0 atom stereocenters. The summed E-state index contributed by atoms with van der Waals surface area (Å²) in [7, 11) is 0. The number of ether oxygens (including phenoxy) is 1. The number of rotatable bonds is 7. The number of thioether (sulfide) groups is 1. The molecule has 0 saturated heterocycles. The molecule has 0 aliphatic carbocycles. The maximum absolute atomic E-state index is 12.6. The standard InChI is InChI=1S/C16H15IN4O5S/c1-2-5-25-13(22)8-27-16-19-18-12(26-16)7-21-15(24)11-6-9(17)3-4-10(11)14(23)20-21/h3-4,6H,2,5,7-8H2,1H3,(H,20,23). The number of nitrogens with zero attached hydrogens (tertiary/aromatic N) is 3. The number of fused-ring (bicyclic) bond motifs is 1. The first-order valence-corrected chi connectivity index (χ1v) is 10.1. The fourth-order valence-electron chi connectivity index (χ4n) is 2.26. The molecule has 2 aromatic heterocycles. The van der Waals surface area contributed by atoms with Gasteiger partial charge in [0.05, 0.1) is 17.4 Å². The van der Waals surface area contributed by atoms with Gasteiger partial charge in [-0.05, 0) is 47.2 Å². The zero-order chi connectivity index (χ0) is 19.4. The molecule has 27 heavy (non-hydrogen) atoms. The first-order chi connectivity index (χ1) is 13.0. The van der Waals surface area contributed by atoms with Crippen molar-refractivity contribution in [2.75, 3.05) is 12.4 Å². The number of hydrogen-bond donors (Lipinski definition) is 1. The number of carbonyl (C=O) groups is 1. The van der Waals surface area contributed by atoms with Gasteiger partial charge >= 0.3 is 5.97 Å². The lowest BCUT2D eigenvalue weighted by Crippen LogP contribution is -2.30. The molecule has 0 spiro atoms. The van der Waals surface area contributed by atoms with Crippen LogP contribution in [-0.2, 0) is 16.1 Å². The van der Waals surface area contributed by atoms with Gasteiger partial charge in [-0.15, -0.1) is 10.2 Å². The van der Waals surface area contributed by atoms with E-state index in [-0.39, 0.29) is 40.5 Å². The number of hydrogen-bond acceptors (Lipinski definition) is 8. The molecule has 0 aliphatic rings. The van der Waals surface area contributed by atoms with E-state index in [0.717, 1.165) is 26.4 Å². The van der Waals surface area contributed by atoms with E-state index < -0.39 is 0 Å². The van der Waals surface area contributed by atoms with Crippen molar-refractivity contribution in [1.82, 2.24) is 20.0 Å². The minimum atomic E-state index is -0.381. The van der Waals surface area contributed by atoms with Crippen molar-refractivity contribution >= 4 is 51.1 Å². The van der Waals surface area contributed by atoms with Gasteiger partial charge in [0, 0.05) is 3.57 Å². The van der Waals surface area contributed by atoms with Gasteiger partial charge in [-0.25, -0.2) is 4.68 Å². The minimum absolute atomic E-state index is 0.0484. The van der Waals surface area contributed by atoms with Crippen LogP contribution in [0, 0.1) is 3.57 Å². The maximum atomic E-state index is 12.6. The first-order valence-electron chi connectivity index (χ1n) is 8.01. The molecule has 0 saturated carbocycles. The Hall–Kier alpha value is -2.15. The summed E-state index contributed by atoms with van der Waals surface area (Å²) in [5.41, 5.74) is -0.743. The van der Waals surface area contributed by atoms with E-state index in [0.29, 0.717) is 17.4 Å². The van der Waals surface area contributed by atoms with Crippen molar-refractivity contribution in [2.45, 2.75) is 25.1 Å². The number of benzene rings is 1. The van der Waals surface area contributed by atoms with Gasteiger partial charge in [0.1, 0.15) is 12.3 Å². The Labute approximate surface area is 170 Å². The Bertz CT molecular complexity index is 1090. The smallest absolute Gasteiger partial charge is 0.316 e. The van der Waals surface area contributed by atoms with Gasteiger partial charge in [0.15, 0.2) is 0 Å². The molecule has 142 valence electrons. The Morgan fingerprint density at radius 2 is 2.15 bits per heavy atom. The molecule has 0 fully saturated rings. The van der Waals surface area contributed by atoms with Crippen LogP contribution in [0.3, 0.4) is 0 Å². The molecule has 0 aliphatic heterocycles. The van der Waals surface area contributed by atoms with E-state index in [9.17, 15) is 14.4 Å². The minimum Gasteiger partial charge on any atom is -0.465 e. The number of carbonyl (C=O) groups excluding carboxylic acids is 1. The van der Waals surface area contributed by atoms with Gasteiger partial charge in [-0.1, -0.05) is 18.7 Å². The van der Waals surface area contributed by atoms with E-state index >= 15 is 0 Å². The van der Waals surface area contributed by atoms with Crippen LogP contribution in [0.15, 0.2) is 37.4 Å². The molecule has 11 heteroatoms. The van der Waals surface area contributed by atoms with Crippen LogP contribution < -0.4 is 11.1 Å². The fraction of sp³-hybridized carbons (Fsp3) is 0.312.